The Morgan fingerprint density at radius 3 is 1.38 bits per heavy atom. The van der Waals surface area contributed by atoms with Crippen molar-refractivity contribution >= 4 is 24.5 Å². The summed E-state index contributed by atoms with van der Waals surface area (Å²) in [7, 11) is 0. The van der Waals surface area contributed by atoms with Crippen molar-refractivity contribution in [2.45, 2.75) is 95.6 Å². The summed E-state index contributed by atoms with van der Waals surface area (Å²) in [6, 6.07) is 15.2. The molecule has 0 amide bonds. The Morgan fingerprint density at radius 1 is 0.667 bits per heavy atom. The molecule has 0 aliphatic heterocycles. The van der Waals surface area contributed by atoms with Crippen LogP contribution in [0.5, 0.6) is 0 Å². The molecule has 1 aromatic carbocycles. The third-order valence-electron chi connectivity index (χ3n) is 4.97. The number of rotatable bonds is 8. The molecule has 0 saturated heterocycles. The van der Waals surface area contributed by atoms with Gasteiger partial charge in [0.1, 0.15) is 0 Å². The molecule has 2 nitrogen and oxygen atoms in total. The molecule has 136 valence electrons. The second-order valence-corrected chi connectivity index (χ2v) is 11.7. The molecule has 1 aromatic rings. The minimum absolute atomic E-state index is 0.164. The van der Waals surface area contributed by atoms with Gasteiger partial charge in [-0.25, -0.2) is 0 Å². The number of benzene rings is 1. The van der Waals surface area contributed by atoms with Crippen molar-refractivity contribution in [3.63, 3.8) is 0 Å². The average Bonchev–Trinajstić information content (AvgIpc) is 3.11. The van der Waals surface area contributed by atoms with Gasteiger partial charge in [-0.1, -0.05) is 0 Å². The van der Waals surface area contributed by atoms with Gasteiger partial charge in [0.2, 0.25) is 0 Å². The zero-order valence-corrected chi connectivity index (χ0v) is 19.1. The summed E-state index contributed by atoms with van der Waals surface area (Å²) in [6.07, 6.45) is 0. The molecule has 0 radical (unpaired) electrons. The number of hydrogen-bond donors (Lipinski definition) is 0. The SMILES string of the molecule is CC(C)N(C(C)C)C1C([Te]c2ccccc2)C1N(C(C)C)C(C)C. The third-order valence-corrected chi connectivity index (χ3v) is 8.89. The van der Waals surface area contributed by atoms with E-state index in [0.717, 1.165) is 16.0 Å². The van der Waals surface area contributed by atoms with Crippen molar-refractivity contribution < 1.29 is 0 Å². The molecule has 0 N–H and O–H groups in total. The molecule has 0 spiro atoms. The van der Waals surface area contributed by atoms with E-state index in [1.54, 1.807) is 3.61 Å². The molecule has 2 rings (SSSR count). The van der Waals surface area contributed by atoms with Gasteiger partial charge in [-0.15, -0.1) is 0 Å². The van der Waals surface area contributed by atoms with Crippen LogP contribution in [-0.2, 0) is 0 Å². The Balaban J connectivity index is 2.26. The van der Waals surface area contributed by atoms with E-state index in [9.17, 15) is 0 Å². The molecule has 0 aromatic heterocycles. The van der Waals surface area contributed by atoms with Gasteiger partial charge < -0.3 is 0 Å². The second-order valence-electron chi connectivity index (χ2n) is 8.15. The van der Waals surface area contributed by atoms with E-state index in [2.05, 4.69) is 95.5 Å². The van der Waals surface area contributed by atoms with Gasteiger partial charge in [0.05, 0.1) is 0 Å². The summed E-state index contributed by atoms with van der Waals surface area (Å²) in [5.74, 6) is 0. The molecular formula is C21H36N2Te. The Kier molecular flexibility index (Phi) is 7.21. The predicted molar refractivity (Wildman–Crippen MR) is 107 cm³/mol. The zero-order valence-electron chi connectivity index (χ0n) is 16.7. The van der Waals surface area contributed by atoms with Crippen molar-refractivity contribution in [3.8, 4) is 0 Å². The van der Waals surface area contributed by atoms with Crippen LogP contribution in [-0.4, -0.2) is 67.0 Å². The van der Waals surface area contributed by atoms with Gasteiger partial charge in [0.15, 0.2) is 0 Å². The van der Waals surface area contributed by atoms with Crippen LogP contribution in [0.2, 0.25) is 3.97 Å². The quantitative estimate of drug-likeness (QED) is 0.564. The molecule has 0 heterocycles. The molecule has 2 atom stereocenters. The van der Waals surface area contributed by atoms with Crippen LogP contribution >= 0.6 is 0 Å². The maximum atomic E-state index is 2.78. The predicted octanol–water partition coefficient (Wildman–Crippen LogP) is 3.79. The Morgan fingerprint density at radius 2 is 1.04 bits per heavy atom. The van der Waals surface area contributed by atoms with Crippen molar-refractivity contribution in [2.24, 2.45) is 0 Å². The fourth-order valence-electron chi connectivity index (χ4n) is 4.31. The van der Waals surface area contributed by atoms with Crippen LogP contribution < -0.4 is 3.61 Å². The molecule has 0 bridgehead atoms. The first-order valence-electron chi connectivity index (χ1n) is 9.52. The third kappa shape index (κ3) is 4.55. The fourth-order valence-corrected chi connectivity index (χ4v) is 8.36. The van der Waals surface area contributed by atoms with Gasteiger partial charge in [0, 0.05) is 0 Å². The van der Waals surface area contributed by atoms with Crippen molar-refractivity contribution in [2.75, 3.05) is 0 Å². The molecule has 1 aliphatic carbocycles. The maximum absolute atomic E-state index is 2.78. The van der Waals surface area contributed by atoms with Crippen LogP contribution in [0, 0.1) is 0 Å². The van der Waals surface area contributed by atoms with Crippen LogP contribution in [0.4, 0.5) is 0 Å². The van der Waals surface area contributed by atoms with E-state index in [1.165, 1.54) is 0 Å². The summed E-state index contributed by atoms with van der Waals surface area (Å²) in [4.78, 5) is 5.56. The summed E-state index contributed by atoms with van der Waals surface area (Å²) >= 11 is -0.164. The van der Waals surface area contributed by atoms with E-state index in [0.29, 0.717) is 24.2 Å². The molecule has 2 unspecified atom stereocenters. The van der Waals surface area contributed by atoms with Gasteiger partial charge in [0.25, 0.3) is 0 Å². The van der Waals surface area contributed by atoms with E-state index in [4.69, 9.17) is 0 Å². The molecule has 1 aliphatic rings. The molecular weight excluding hydrogens is 408 g/mol. The monoisotopic (exact) mass is 446 g/mol. The zero-order chi connectivity index (χ0) is 18.0. The van der Waals surface area contributed by atoms with E-state index in [-0.39, 0.29) is 20.9 Å². The fraction of sp³-hybridized carbons (Fsp3) is 0.714. The topological polar surface area (TPSA) is 6.48 Å². The Labute approximate surface area is 160 Å². The molecule has 1 saturated carbocycles. The van der Waals surface area contributed by atoms with Gasteiger partial charge >= 0.3 is 160 Å². The molecule has 24 heavy (non-hydrogen) atoms. The van der Waals surface area contributed by atoms with Crippen molar-refractivity contribution in [1.82, 2.24) is 9.80 Å². The summed E-state index contributed by atoms with van der Waals surface area (Å²) in [5, 5.41) is 0. The molecule has 1 fully saturated rings. The Bertz CT molecular complexity index is 456. The van der Waals surface area contributed by atoms with E-state index < -0.39 is 0 Å². The van der Waals surface area contributed by atoms with Crippen LogP contribution in [0.3, 0.4) is 0 Å². The van der Waals surface area contributed by atoms with Crippen LogP contribution in [0.15, 0.2) is 30.3 Å². The first-order chi connectivity index (χ1) is 11.3. The van der Waals surface area contributed by atoms with Gasteiger partial charge in [-0.2, -0.15) is 0 Å². The summed E-state index contributed by atoms with van der Waals surface area (Å²) < 4.78 is 2.48. The second kappa shape index (κ2) is 8.54. The van der Waals surface area contributed by atoms with Crippen molar-refractivity contribution in [1.29, 1.82) is 0 Å². The summed E-state index contributed by atoms with van der Waals surface area (Å²) in [6.45, 7) is 18.9. The first-order valence-corrected chi connectivity index (χ1v) is 12.0. The standard InChI is InChI=1S/C21H36N2Te/c1-14(2)22(15(3)4)19-20(23(16(5)6)17(7)8)21(19)24-18-12-10-9-11-13-18/h9-17,19-21H,1-8H3. The van der Waals surface area contributed by atoms with Crippen molar-refractivity contribution in [3.05, 3.63) is 30.3 Å². The minimum atomic E-state index is -0.164. The Hall–Kier alpha value is -0.0704. The van der Waals surface area contributed by atoms with E-state index >= 15 is 0 Å². The number of hydrogen-bond acceptors (Lipinski definition) is 2. The van der Waals surface area contributed by atoms with Gasteiger partial charge in [-0.05, 0) is 0 Å². The van der Waals surface area contributed by atoms with Crippen LogP contribution in [0.1, 0.15) is 55.4 Å². The van der Waals surface area contributed by atoms with Gasteiger partial charge in [-0.3, -0.25) is 0 Å². The molecule has 3 heteroatoms. The normalized spacial score (nSPS) is 24.2. The average molecular weight is 444 g/mol. The van der Waals surface area contributed by atoms with E-state index in [1.807, 2.05) is 0 Å². The van der Waals surface area contributed by atoms with Crippen LogP contribution in [0.25, 0.3) is 0 Å². The first kappa shape index (κ1) is 20.2. The number of nitrogens with zero attached hydrogens (tertiary/aromatic N) is 2. The summed E-state index contributed by atoms with van der Waals surface area (Å²) in [5.41, 5.74) is 0.